The molecule has 0 saturated heterocycles. The lowest BCUT2D eigenvalue weighted by atomic mass is 10.2. The SMILES string of the molecule is Cc1[nH]c(-c2cc(I)c(O)c(I)c2)nc1CC#N. The van der Waals surface area contributed by atoms with Crippen LogP contribution in [-0.4, -0.2) is 15.1 Å². The van der Waals surface area contributed by atoms with Crippen molar-refractivity contribution in [3.8, 4) is 23.2 Å². The molecule has 0 atom stereocenters. The van der Waals surface area contributed by atoms with Gasteiger partial charge in [-0.25, -0.2) is 4.98 Å². The van der Waals surface area contributed by atoms with Gasteiger partial charge in [-0.2, -0.15) is 5.26 Å². The molecule has 0 aliphatic rings. The molecule has 0 radical (unpaired) electrons. The predicted octanol–water partition coefficient (Wildman–Crippen LogP) is 3.37. The summed E-state index contributed by atoms with van der Waals surface area (Å²) in [5, 5.41) is 18.4. The van der Waals surface area contributed by atoms with Gasteiger partial charge in [0, 0.05) is 11.3 Å². The van der Waals surface area contributed by atoms with Gasteiger partial charge in [0.05, 0.1) is 25.3 Å². The van der Waals surface area contributed by atoms with E-state index in [-0.39, 0.29) is 0 Å². The van der Waals surface area contributed by atoms with Gasteiger partial charge in [0.2, 0.25) is 0 Å². The van der Waals surface area contributed by atoms with Gasteiger partial charge >= 0.3 is 0 Å². The van der Waals surface area contributed by atoms with E-state index in [1.807, 2.05) is 19.1 Å². The number of nitriles is 1. The highest BCUT2D eigenvalue weighted by atomic mass is 127. The lowest BCUT2D eigenvalue weighted by Gasteiger charge is -2.03. The Kier molecular flexibility index (Phi) is 4.11. The van der Waals surface area contributed by atoms with Gasteiger partial charge in [-0.05, 0) is 64.2 Å². The van der Waals surface area contributed by atoms with Gasteiger partial charge in [0.15, 0.2) is 0 Å². The van der Waals surface area contributed by atoms with Crippen molar-refractivity contribution < 1.29 is 5.11 Å². The van der Waals surface area contributed by atoms with E-state index in [1.54, 1.807) is 0 Å². The molecule has 2 N–H and O–H groups in total. The van der Waals surface area contributed by atoms with Crippen molar-refractivity contribution in [3.63, 3.8) is 0 Å². The van der Waals surface area contributed by atoms with Crippen LogP contribution in [0.15, 0.2) is 12.1 Å². The maximum atomic E-state index is 9.73. The number of aryl methyl sites for hydroxylation is 1. The molecule has 0 unspecified atom stereocenters. The fourth-order valence-corrected chi connectivity index (χ4v) is 3.35. The number of hydrogen-bond acceptors (Lipinski definition) is 3. The quantitative estimate of drug-likeness (QED) is 0.669. The Morgan fingerprint density at radius 2 is 2.00 bits per heavy atom. The molecule has 2 rings (SSSR count). The van der Waals surface area contributed by atoms with E-state index in [9.17, 15) is 5.11 Å². The van der Waals surface area contributed by atoms with Crippen LogP contribution >= 0.6 is 45.2 Å². The lowest BCUT2D eigenvalue weighted by molar-refractivity contribution is 0.467. The second-order valence-corrected chi connectivity index (χ2v) is 6.10. The fourth-order valence-electron chi connectivity index (χ4n) is 1.58. The van der Waals surface area contributed by atoms with Crippen LogP contribution in [0.25, 0.3) is 11.4 Å². The second-order valence-electron chi connectivity index (χ2n) is 3.78. The summed E-state index contributed by atoms with van der Waals surface area (Å²) in [6.07, 6.45) is 0.300. The van der Waals surface area contributed by atoms with Crippen molar-refractivity contribution in [2.24, 2.45) is 0 Å². The molecule has 1 heterocycles. The van der Waals surface area contributed by atoms with Crippen LogP contribution in [0.4, 0.5) is 0 Å². The maximum absolute atomic E-state index is 9.73. The van der Waals surface area contributed by atoms with Crippen LogP contribution < -0.4 is 0 Å². The molecular weight excluding hydrogens is 456 g/mol. The minimum Gasteiger partial charge on any atom is -0.506 e. The zero-order valence-corrected chi connectivity index (χ0v) is 13.8. The zero-order valence-electron chi connectivity index (χ0n) is 9.46. The molecular formula is C12H9I2N3O. The average molecular weight is 465 g/mol. The number of benzene rings is 1. The first-order valence-corrected chi connectivity index (χ1v) is 7.29. The number of aromatic amines is 1. The van der Waals surface area contributed by atoms with Crippen LogP contribution in [0, 0.1) is 25.4 Å². The Bertz CT molecular complexity index is 620. The smallest absolute Gasteiger partial charge is 0.142 e. The standard InChI is InChI=1S/C12H9I2N3O/c1-6-10(2-3-15)17-12(16-6)7-4-8(13)11(18)9(14)5-7/h4-5,18H,2H2,1H3,(H,16,17). The van der Waals surface area contributed by atoms with Gasteiger partial charge in [-0.3, -0.25) is 0 Å². The molecule has 92 valence electrons. The highest BCUT2D eigenvalue weighted by Crippen LogP contribution is 2.31. The number of rotatable bonds is 2. The second kappa shape index (κ2) is 5.44. The summed E-state index contributed by atoms with van der Waals surface area (Å²) in [5.41, 5.74) is 2.59. The zero-order chi connectivity index (χ0) is 13.3. The molecule has 4 nitrogen and oxygen atoms in total. The summed E-state index contributed by atoms with van der Waals surface area (Å²) in [5.74, 6) is 1.02. The predicted molar refractivity (Wildman–Crippen MR) is 85.2 cm³/mol. The van der Waals surface area contributed by atoms with Crippen molar-refractivity contribution in [2.45, 2.75) is 13.3 Å². The number of phenols is 1. The number of imidazole rings is 1. The van der Waals surface area contributed by atoms with Gasteiger partial charge < -0.3 is 10.1 Å². The number of H-pyrrole nitrogens is 1. The van der Waals surface area contributed by atoms with E-state index < -0.39 is 0 Å². The molecule has 1 aromatic carbocycles. The minimum absolute atomic E-state index is 0.292. The first-order valence-electron chi connectivity index (χ1n) is 5.13. The first kappa shape index (κ1) is 13.6. The monoisotopic (exact) mass is 465 g/mol. The number of halogens is 2. The van der Waals surface area contributed by atoms with Crippen molar-refractivity contribution >= 4 is 45.2 Å². The third-order valence-corrected chi connectivity index (χ3v) is 4.17. The average Bonchev–Trinajstić information content (AvgIpc) is 2.68. The molecule has 18 heavy (non-hydrogen) atoms. The van der Waals surface area contributed by atoms with Crippen LogP contribution in [0.5, 0.6) is 5.75 Å². The van der Waals surface area contributed by atoms with Crippen LogP contribution in [0.2, 0.25) is 0 Å². The summed E-state index contributed by atoms with van der Waals surface area (Å²) < 4.78 is 1.57. The Morgan fingerprint density at radius 1 is 1.39 bits per heavy atom. The van der Waals surface area contributed by atoms with Crippen molar-refractivity contribution in [2.75, 3.05) is 0 Å². The highest BCUT2D eigenvalue weighted by Gasteiger charge is 2.12. The molecule has 0 amide bonds. The Morgan fingerprint density at radius 3 is 2.56 bits per heavy atom. The molecule has 0 aliphatic carbocycles. The summed E-state index contributed by atoms with van der Waals surface area (Å²) in [7, 11) is 0. The normalized spacial score (nSPS) is 10.3. The molecule has 1 aromatic heterocycles. The molecule has 0 aliphatic heterocycles. The Balaban J connectivity index is 2.50. The number of phenolic OH excluding ortho intramolecular Hbond substituents is 1. The topological polar surface area (TPSA) is 72.7 Å². The van der Waals surface area contributed by atoms with E-state index in [0.29, 0.717) is 12.2 Å². The molecule has 2 aromatic rings. The highest BCUT2D eigenvalue weighted by molar-refractivity contribution is 14.1. The van der Waals surface area contributed by atoms with Gasteiger partial charge in [-0.15, -0.1) is 0 Å². The molecule has 0 bridgehead atoms. The lowest BCUT2D eigenvalue weighted by Crippen LogP contribution is -1.87. The summed E-state index contributed by atoms with van der Waals surface area (Å²) in [6, 6.07) is 5.83. The molecule has 0 fully saturated rings. The van der Waals surface area contributed by atoms with Crippen molar-refractivity contribution in [3.05, 3.63) is 30.7 Å². The van der Waals surface area contributed by atoms with E-state index in [4.69, 9.17) is 5.26 Å². The van der Waals surface area contributed by atoms with Gasteiger partial charge in [-0.1, -0.05) is 0 Å². The van der Waals surface area contributed by atoms with E-state index in [1.165, 1.54) is 0 Å². The van der Waals surface area contributed by atoms with Crippen molar-refractivity contribution in [1.82, 2.24) is 9.97 Å². The van der Waals surface area contributed by atoms with Gasteiger partial charge in [0.25, 0.3) is 0 Å². The summed E-state index contributed by atoms with van der Waals surface area (Å²) in [6.45, 7) is 1.90. The number of nitrogens with zero attached hydrogens (tertiary/aromatic N) is 2. The number of aromatic nitrogens is 2. The summed E-state index contributed by atoms with van der Waals surface area (Å²) >= 11 is 4.17. The molecule has 0 spiro atoms. The van der Waals surface area contributed by atoms with E-state index in [0.717, 1.165) is 29.9 Å². The van der Waals surface area contributed by atoms with Crippen LogP contribution in [0.1, 0.15) is 11.4 Å². The molecule has 0 saturated carbocycles. The van der Waals surface area contributed by atoms with Crippen LogP contribution in [-0.2, 0) is 6.42 Å². The fraction of sp³-hybridized carbons (Fsp3) is 0.167. The minimum atomic E-state index is 0.292. The molecule has 6 heteroatoms. The largest absolute Gasteiger partial charge is 0.506 e. The summed E-state index contributed by atoms with van der Waals surface area (Å²) in [4.78, 5) is 7.58. The Hall–Kier alpha value is -0.820. The third-order valence-electron chi connectivity index (χ3n) is 2.52. The first-order chi connectivity index (χ1) is 8.52. The number of aromatic hydroxyl groups is 1. The van der Waals surface area contributed by atoms with Gasteiger partial charge in [0.1, 0.15) is 11.6 Å². The number of nitrogens with one attached hydrogen (secondary N) is 1. The third kappa shape index (κ3) is 2.61. The number of hydrogen-bond donors (Lipinski definition) is 2. The van der Waals surface area contributed by atoms with Crippen molar-refractivity contribution in [1.29, 1.82) is 5.26 Å². The van der Waals surface area contributed by atoms with E-state index >= 15 is 0 Å². The van der Waals surface area contributed by atoms with Crippen LogP contribution in [0.3, 0.4) is 0 Å². The maximum Gasteiger partial charge on any atom is 0.142 e. The van der Waals surface area contributed by atoms with E-state index in [2.05, 4.69) is 61.2 Å². The Labute approximate surface area is 132 Å².